The van der Waals surface area contributed by atoms with Crippen molar-refractivity contribution in [2.75, 3.05) is 25.1 Å². The molecule has 3 unspecified atom stereocenters. The molecule has 0 radical (unpaired) electrons. The van der Waals surface area contributed by atoms with E-state index in [1.807, 2.05) is 0 Å². The van der Waals surface area contributed by atoms with E-state index in [1.54, 1.807) is 18.2 Å². The number of nitrogens with two attached hydrogens (primary N) is 3. The van der Waals surface area contributed by atoms with Crippen molar-refractivity contribution in [3.05, 3.63) is 23.8 Å². The molecule has 1 saturated heterocycles. The molecule has 21 heavy (non-hydrogen) atoms. The lowest BCUT2D eigenvalue weighted by Crippen LogP contribution is -2.54. The second kappa shape index (κ2) is 5.04. The van der Waals surface area contributed by atoms with Crippen molar-refractivity contribution >= 4 is 23.0 Å². The molecule has 1 aromatic rings. The van der Waals surface area contributed by atoms with E-state index < -0.39 is 0 Å². The molecule has 2 fully saturated rings. The maximum Gasteiger partial charge on any atom is 0.316 e. The van der Waals surface area contributed by atoms with Crippen molar-refractivity contribution < 1.29 is 10.2 Å². The van der Waals surface area contributed by atoms with Crippen LogP contribution in [0.15, 0.2) is 18.2 Å². The number of amides is 1. The number of nitrogen functional groups attached to an aromatic ring is 2. The summed E-state index contributed by atoms with van der Waals surface area (Å²) in [5, 5.41) is 9.02. The second-order valence-corrected chi connectivity index (χ2v) is 6.17. The third kappa shape index (κ3) is 2.47. The van der Waals surface area contributed by atoms with Gasteiger partial charge >= 0.3 is 5.91 Å². The molecular formula is C15H22N5O+. The summed E-state index contributed by atoms with van der Waals surface area (Å²) in [5.41, 5.74) is 13.2. The lowest BCUT2D eigenvalue weighted by atomic mass is 10.0. The van der Waals surface area contributed by atoms with Gasteiger partial charge in [-0.15, -0.1) is 0 Å². The predicted molar refractivity (Wildman–Crippen MR) is 82.4 cm³/mol. The molecule has 1 amide bonds. The van der Waals surface area contributed by atoms with E-state index in [2.05, 4.69) is 17.3 Å². The smallest absolute Gasteiger partial charge is 0.316 e. The molecule has 7 N–H and O–H groups in total. The Kier molecular flexibility index (Phi) is 3.33. The number of piperidine rings is 1. The zero-order valence-electron chi connectivity index (χ0n) is 12.2. The molecule has 1 heterocycles. The van der Waals surface area contributed by atoms with Crippen LogP contribution in [0.4, 0.5) is 11.4 Å². The minimum atomic E-state index is -0.244. The van der Waals surface area contributed by atoms with Gasteiger partial charge in [0.1, 0.15) is 0 Å². The van der Waals surface area contributed by atoms with Gasteiger partial charge in [-0.25, -0.2) is 5.41 Å². The highest BCUT2D eigenvalue weighted by molar-refractivity contribution is 6.43. The van der Waals surface area contributed by atoms with Crippen LogP contribution in [0.3, 0.4) is 0 Å². The third-order valence-corrected chi connectivity index (χ3v) is 4.74. The second-order valence-electron chi connectivity index (χ2n) is 6.17. The Morgan fingerprint density at radius 1 is 1.38 bits per heavy atom. The Hall–Kier alpha value is -2.08. The molecule has 3 atom stereocenters. The fraction of sp³-hybridized carbons (Fsp3) is 0.467. The monoisotopic (exact) mass is 288 g/mol. The SMILES string of the molecule is CN1CC2CC1CC2NC(=O)C(=[NH2+])c1ccc(N)cc1N. The third-order valence-electron chi connectivity index (χ3n) is 4.74. The van der Waals surface area contributed by atoms with Gasteiger partial charge in [0.15, 0.2) is 0 Å². The van der Waals surface area contributed by atoms with Crippen LogP contribution < -0.4 is 22.2 Å². The molecule has 0 spiro atoms. The van der Waals surface area contributed by atoms with Gasteiger partial charge in [0.05, 0.1) is 5.56 Å². The molecule has 1 aromatic carbocycles. The number of rotatable bonds is 3. The number of likely N-dealkylation sites (tertiary alicyclic amines) is 1. The molecule has 3 rings (SSSR count). The summed E-state index contributed by atoms with van der Waals surface area (Å²) < 4.78 is 0. The predicted octanol–water partition coefficient (Wildman–Crippen LogP) is -1.39. The first kappa shape index (κ1) is 13.9. The summed E-state index contributed by atoms with van der Waals surface area (Å²) in [6.45, 7) is 1.04. The number of carbonyl (C=O) groups excluding carboxylic acids is 1. The van der Waals surface area contributed by atoms with Gasteiger partial charge in [0.2, 0.25) is 0 Å². The number of nitrogens with one attached hydrogen (secondary N) is 1. The van der Waals surface area contributed by atoms with Crippen LogP contribution in [0.1, 0.15) is 18.4 Å². The minimum absolute atomic E-state index is 0.156. The molecule has 6 heteroatoms. The number of hydrogen-bond donors (Lipinski definition) is 4. The zero-order chi connectivity index (χ0) is 15.1. The maximum atomic E-state index is 12.3. The topological polar surface area (TPSA) is 110 Å². The average Bonchev–Trinajstić information content (AvgIpc) is 2.97. The molecular weight excluding hydrogens is 266 g/mol. The summed E-state index contributed by atoms with van der Waals surface area (Å²) in [6, 6.07) is 5.80. The lowest BCUT2D eigenvalue weighted by Gasteiger charge is -2.28. The summed E-state index contributed by atoms with van der Waals surface area (Å²) >= 11 is 0. The Labute approximate surface area is 124 Å². The highest BCUT2D eigenvalue weighted by Crippen LogP contribution is 2.36. The van der Waals surface area contributed by atoms with Crippen molar-refractivity contribution in [3.8, 4) is 0 Å². The van der Waals surface area contributed by atoms with E-state index in [9.17, 15) is 4.79 Å². The zero-order valence-corrected chi connectivity index (χ0v) is 12.2. The van der Waals surface area contributed by atoms with Crippen molar-refractivity contribution in [1.82, 2.24) is 10.2 Å². The van der Waals surface area contributed by atoms with Crippen LogP contribution in [-0.2, 0) is 4.79 Å². The summed E-state index contributed by atoms with van der Waals surface area (Å²) in [6.07, 6.45) is 2.16. The van der Waals surface area contributed by atoms with E-state index in [1.165, 1.54) is 0 Å². The molecule has 1 aliphatic heterocycles. The molecule has 2 aliphatic rings. The van der Waals surface area contributed by atoms with E-state index >= 15 is 0 Å². The van der Waals surface area contributed by atoms with Crippen LogP contribution in [0.2, 0.25) is 0 Å². The Morgan fingerprint density at radius 2 is 2.14 bits per heavy atom. The molecule has 2 bridgehead atoms. The van der Waals surface area contributed by atoms with E-state index in [0.29, 0.717) is 28.9 Å². The number of fused-ring (bicyclic) bond motifs is 2. The van der Waals surface area contributed by atoms with Gasteiger partial charge in [-0.2, -0.15) is 0 Å². The summed E-state index contributed by atoms with van der Waals surface area (Å²) in [7, 11) is 2.14. The Morgan fingerprint density at radius 3 is 2.71 bits per heavy atom. The molecule has 1 aliphatic carbocycles. The summed E-state index contributed by atoms with van der Waals surface area (Å²) in [4.78, 5) is 14.7. The fourth-order valence-electron chi connectivity index (χ4n) is 3.55. The van der Waals surface area contributed by atoms with E-state index in [4.69, 9.17) is 16.9 Å². The first-order valence-corrected chi connectivity index (χ1v) is 7.24. The number of nitrogens with zero attached hydrogens (tertiary/aromatic N) is 1. The van der Waals surface area contributed by atoms with Crippen LogP contribution >= 0.6 is 0 Å². The number of hydrogen-bond acceptors (Lipinski definition) is 4. The molecule has 1 saturated carbocycles. The summed E-state index contributed by atoms with van der Waals surface area (Å²) in [5.74, 6) is 0.284. The van der Waals surface area contributed by atoms with E-state index in [0.717, 1.165) is 19.4 Å². The molecule has 112 valence electrons. The van der Waals surface area contributed by atoms with Crippen LogP contribution in [0, 0.1) is 5.92 Å². The number of carbonyl (C=O) groups is 1. The van der Waals surface area contributed by atoms with E-state index in [-0.39, 0.29) is 17.7 Å². The lowest BCUT2D eigenvalue weighted by molar-refractivity contribution is -0.136. The Balaban J connectivity index is 1.67. The first-order valence-electron chi connectivity index (χ1n) is 7.24. The quantitative estimate of drug-likeness (QED) is 0.405. The molecule has 0 aromatic heterocycles. The van der Waals surface area contributed by atoms with Crippen molar-refractivity contribution in [3.63, 3.8) is 0 Å². The van der Waals surface area contributed by atoms with Crippen molar-refractivity contribution in [2.24, 2.45) is 5.92 Å². The Bertz CT molecular complexity index is 598. The number of anilines is 2. The minimum Gasteiger partial charge on any atom is -0.399 e. The van der Waals surface area contributed by atoms with Crippen LogP contribution in [-0.4, -0.2) is 42.2 Å². The van der Waals surface area contributed by atoms with Crippen molar-refractivity contribution in [1.29, 1.82) is 0 Å². The van der Waals surface area contributed by atoms with Crippen molar-refractivity contribution in [2.45, 2.75) is 24.9 Å². The first-order chi connectivity index (χ1) is 9.95. The fourth-order valence-corrected chi connectivity index (χ4v) is 3.55. The largest absolute Gasteiger partial charge is 0.399 e. The van der Waals surface area contributed by atoms with Crippen LogP contribution in [0.5, 0.6) is 0 Å². The van der Waals surface area contributed by atoms with Gasteiger partial charge in [-0.1, -0.05) is 0 Å². The van der Waals surface area contributed by atoms with Gasteiger partial charge in [0.25, 0.3) is 5.71 Å². The standard InChI is InChI=1S/C15H21N5O/c1-20-7-8-4-10(20)6-13(8)19-15(21)14(18)11-3-2-9(16)5-12(11)17/h2-3,5,8,10,13,18H,4,6-7,16-17H2,1H3,(H,19,21)/p+1. The highest BCUT2D eigenvalue weighted by Gasteiger charge is 2.44. The maximum absolute atomic E-state index is 12.3. The van der Waals surface area contributed by atoms with Gasteiger partial charge in [-0.05, 0) is 44.0 Å². The molecule has 6 nitrogen and oxygen atoms in total. The number of benzene rings is 1. The van der Waals surface area contributed by atoms with Gasteiger partial charge < -0.3 is 21.7 Å². The van der Waals surface area contributed by atoms with Gasteiger partial charge in [-0.3, -0.25) is 4.79 Å². The van der Waals surface area contributed by atoms with Gasteiger partial charge in [0, 0.05) is 30.0 Å². The van der Waals surface area contributed by atoms with Crippen LogP contribution in [0.25, 0.3) is 0 Å². The highest BCUT2D eigenvalue weighted by atomic mass is 16.1. The average molecular weight is 288 g/mol. The normalized spacial score (nSPS) is 27.8.